The number of nitrogens with one attached hydrogen (secondary N) is 1. The molecule has 0 spiro atoms. The summed E-state index contributed by atoms with van der Waals surface area (Å²) < 4.78 is 5.37. The molecule has 1 unspecified atom stereocenters. The Morgan fingerprint density at radius 1 is 1.15 bits per heavy atom. The minimum Gasteiger partial charge on any atom is -0.477 e. The van der Waals surface area contributed by atoms with E-state index in [1.807, 2.05) is 11.8 Å². The SMILES string of the molecule is CC(OC(=O)N1CC[C@H](NC(=O)c2csc(N3CC(SC4=C(C(=O)O)N5C(=O)[C@H]([C@@H](C)O)[C@H]5[C@H]4C)C3)n2)C1)C(=O)c1ccncc1. The molecule has 16 heteroatoms. The van der Waals surface area contributed by atoms with Gasteiger partial charge >= 0.3 is 12.1 Å². The van der Waals surface area contributed by atoms with Crippen LogP contribution >= 0.6 is 23.1 Å². The number of anilines is 1. The summed E-state index contributed by atoms with van der Waals surface area (Å²) in [6.07, 6.45) is 1.09. The van der Waals surface area contributed by atoms with Crippen LogP contribution in [0.5, 0.6) is 0 Å². The number of aliphatic carboxylic acids is 1. The van der Waals surface area contributed by atoms with Crippen molar-refractivity contribution in [2.45, 2.75) is 56.7 Å². The lowest BCUT2D eigenvalue weighted by atomic mass is 9.79. The van der Waals surface area contributed by atoms with Crippen molar-refractivity contribution in [3.63, 3.8) is 0 Å². The van der Waals surface area contributed by atoms with Gasteiger partial charge in [0.05, 0.1) is 18.1 Å². The molecule has 0 aliphatic carbocycles. The van der Waals surface area contributed by atoms with E-state index in [9.17, 15) is 34.2 Å². The molecule has 0 radical (unpaired) electrons. The third-order valence-corrected chi connectivity index (χ3v) is 11.2. The number of nitrogens with zero attached hydrogens (tertiary/aromatic N) is 5. The second-order valence-electron chi connectivity index (χ2n) is 12.0. The fourth-order valence-corrected chi connectivity index (χ4v) is 8.72. The molecule has 244 valence electrons. The fourth-order valence-electron chi connectivity index (χ4n) is 6.37. The Labute approximate surface area is 272 Å². The normalized spacial score (nSPS) is 25.5. The summed E-state index contributed by atoms with van der Waals surface area (Å²) in [5.74, 6) is -2.96. The van der Waals surface area contributed by atoms with Gasteiger partial charge in [0.15, 0.2) is 11.2 Å². The lowest BCUT2D eigenvalue weighted by molar-refractivity contribution is -0.163. The molecule has 0 bridgehead atoms. The summed E-state index contributed by atoms with van der Waals surface area (Å²) >= 11 is 2.79. The number of β-lactam (4-membered cyclic amide) rings is 1. The third kappa shape index (κ3) is 5.84. The monoisotopic (exact) mass is 670 g/mol. The third-order valence-electron chi connectivity index (χ3n) is 8.84. The summed E-state index contributed by atoms with van der Waals surface area (Å²) in [6, 6.07) is 2.48. The predicted octanol–water partition coefficient (Wildman–Crippen LogP) is 1.83. The van der Waals surface area contributed by atoms with Crippen molar-refractivity contribution >= 4 is 57.9 Å². The fraction of sp³-hybridized carbons (Fsp3) is 0.500. The van der Waals surface area contributed by atoms with Crippen LogP contribution in [0.1, 0.15) is 48.0 Å². The van der Waals surface area contributed by atoms with Gasteiger partial charge in [-0.15, -0.1) is 23.1 Å². The number of ketones is 1. The van der Waals surface area contributed by atoms with Crippen molar-refractivity contribution in [3.8, 4) is 0 Å². The Balaban J connectivity index is 0.978. The highest BCUT2D eigenvalue weighted by Crippen LogP contribution is 2.52. The van der Waals surface area contributed by atoms with Crippen LogP contribution in [-0.4, -0.2) is 115 Å². The van der Waals surface area contributed by atoms with Gasteiger partial charge in [-0.2, -0.15) is 0 Å². The molecule has 3 N–H and O–H groups in total. The van der Waals surface area contributed by atoms with Crippen LogP contribution in [0.4, 0.5) is 9.93 Å². The smallest absolute Gasteiger partial charge is 0.410 e. The molecule has 6 rings (SSSR count). The van der Waals surface area contributed by atoms with E-state index < -0.39 is 30.2 Å². The first-order chi connectivity index (χ1) is 21.9. The molecular formula is C30H34N6O8S2. The zero-order chi connectivity index (χ0) is 32.9. The van der Waals surface area contributed by atoms with Gasteiger partial charge in [0, 0.05) is 71.6 Å². The minimum absolute atomic E-state index is 0.0164. The number of aliphatic hydroxyl groups excluding tert-OH is 1. The first kappa shape index (κ1) is 31.9. The standard InChI is InChI=1S/C30H34N6O8S2/c1-14-22-21(15(2)37)27(40)36(22)23(28(41)42)25(14)46-19-11-35(12-19)29-33-20(13-45-29)26(39)32-18-6-9-34(10-18)30(43)44-16(3)24(38)17-4-7-31-8-5-17/h4-5,7-8,13-16,18-19,21-22,37H,6,9-12H2,1-3H3,(H,32,39)(H,41,42)/t14-,15-,16?,18+,21-,22-/m1/s1. The number of aromatic nitrogens is 2. The number of amides is 3. The van der Waals surface area contributed by atoms with Gasteiger partial charge in [0.2, 0.25) is 11.7 Å². The van der Waals surface area contributed by atoms with Gasteiger partial charge < -0.3 is 35.0 Å². The zero-order valence-electron chi connectivity index (χ0n) is 25.4. The van der Waals surface area contributed by atoms with E-state index in [4.69, 9.17) is 4.74 Å². The quantitative estimate of drug-likeness (QED) is 0.247. The molecule has 3 amide bonds. The Hall–Kier alpha value is -4.02. The van der Waals surface area contributed by atoms with Crippen LogP contribution in [0.2, 0.25) is 0 Å². The second kappa shape index (κ2) is 12.6. The van der Waals surface area contributed by atoms with Crippen molar-refractivity contribution in [2.75, 3.05) is 31.1 Å². The highest BCUT2D eigenvalue weighted by Gasteiger charge is 2.60. The molecule has 2 aromatic rings. The summed E-state index contributed by atoms with van der Waals surface area (Å²) in [5.41, 5.74) is 0.683. The maximum atomic E-state index is 13.0. The molecule has 3 saturated heterocycles. The maximum absolute atomic E-state index is 13.0. The predicted molar refractivity (Wildman–Crippen MR) is 167 cm³/mol. The van der Waals surface area contributed by atoms with Gasteiger partial charge in [-0.25, -0.2) is 14.6 Å². The number of Topliss-reactive ketones (excluding diaryl/α,β-unsaturated/α-hetero) is 1. The molecular weight excluding hydrogens is 636 g/mol. The zero-order valence-corrected chi connectivity index (χ0v) is 27.0. The van der Waals surface area contributed by atoms with Crippen molar-refractivity contribution in [1.82, 2.24) is 25.1 Å². The molecule has 2 aromatic heterocycles. The number of carbonyl (C=O) groups is 5. The number of thiazole rings is 1. The molecule has 0 saturated carbocycles. The van der Waals surface area contributed by atoms with Crippen molar-refractivity contribution in [1.29, 1.82) is 0 Å². The number of aliphatic hydroxyl groups is 1. The molecule has 6 atom stereocenters. The van der Waals surface area contributed by atoms with Crippen LogP contribution in [0.25, 0.3) is 0 Å². The van der Waals surface area contributed by atoms with E-state index in [-0.39, 0.29) is 58.8 Å². The average molecular weight is 671 g/mol. The summed E-state index contributed by atoms with van der Waals surface area (Å²) in [6.45, 7) is 6.80. The van der Waals surface area contributed by atoms with E-state index in [1.54, 1.807) is 24.4 Å². The van der Waals surface area contributed by atoms with Gasteiger partial charge in [-0.05, 0) is 32.4 Å². The van der Waals surface area contributed by atoms with Crippen molar-refractivity contribution in [2.24, 2.45) is 11.8 Å². The number of hydrogen-bond donors (Lipinski definition) is 3. The first-order valence-corrected chi connectivity index (χ1v) is 16.8. The highest BCUT2D eigenvalue weighted by atomic mass is 32.2. The van der Waals surface area contributed by atoms with E-state index in [0.717, 1.165) is 0 Å². The van der Waals surface area contributed by atoms with Crippen LogP contribution in [0.3, 0.4) is 0 Å². The second-order valence-corrected chi connectivity index (χ2v) is 14.1. The van der Waals surface area contributed by atoms with Crippen LogP contribution < -0.4 is 10.2 Å². The molecule has 0 aromatic carbocycles. The van der Waals surface area contributed by atoms with Crippen molar-refractivity contribution < 1.29 is 38.9 Å². The summed E-state index contributed by atoms with van der Waals surface area (Å²) in [5, 5.41) is 25.3. The Kier molecular flexibility index (Phi) is 8.78. The average Bonchev–Trinajstić information content (AvgIpc) is 3.72. The lowest BCUT2D eigenvalue weighted by Gasteiger charge is -2.46. The minimum atomic E-state index is -1.14. The maximum Gasteiger partial charge on any atom is 0.410 e. The van der Waals surface area contributed by atoms with E-state index in [0.29, 0.717) is 41.7 Å². The lowest BCUT2D eigenvalue weighted by Crippen LogP contribution is -2.63. The summed E-state index contributed by atoms with van der Waals surface area (Å²) in [4.78, 5) is 76.6. The molecule has 14 nitrogen and oxygen atoms in total. The topological polar surface area (TPSA) is 183 Å². The van der Waals surface area contributed by atoms with Crippen LogP contribution in [0.15, 0.2) is 40.5 Å². The number of ether oxygens (including phenoxy) is 1. The number of fused-ring (bicyclic) bond motifs is 1. The van der Waals surface area contributed by atoms with Gasteiger partial charge in [0.1, 0.15) is 11.4 Å². The molecule has 6 heterocycles. The Morgan fingerprint density at radius 3 is 2.54 bits per heavy atom. The van der Waals surface area contributed by atoms with E-state index >= 15 is 0 Å². The largest absolute Gasteiger partial charge is 0.477 e. The van der Waals surface area contributed by atoms with E-state index in [1.165, 1.54) is 52.2 Å². The number of carbonyl (C=O) groups excluding carboxylic acids is 4. The Morgan fingerprint density at radius 2 is 1.87 bits per heavy atom. The Bertz CT molecular complexity index is 1590. The number of carboxylic acid groups (broad SMARTS) is 1. The number of hydrogen-bond acceptors (Lipinski definition) is 12. The first-order valence-electron chi connectivity index (χ1n) is 15.0. The highest BCUT2D eigenvalue weighted by molar-refractivity contribution is 8.03. The molecule has 4 aliphatic heterocycles. The number of rotatable bonds is 10. The number of pyridine rings is 1. The van der Waals surface area contributed by atoms with Crippen molar-refractivity contribution in [3.05, 3.63) is 51.8 Å². The molecule has 4 aliphatic rings. The van der Waals surface area contributed by atoms with E-state index in [2.05, 4.69) is 15.3 Å². The molecule has 3 fully saturated rings. The number of carboxylic acids is 1. The summed E-state index contributed by atoms with van der Waals surface area (Å²) in [7, 11) is 0. The van der Waals surface area contributed by atoms with Crippen LogP contribution in [-0.2, 0) is 14.3 Å². The van der Waals surface area contributed by atoms with Crippen LogP contribution in [0, 0.1) is 11.8 Å². The van der Waals surface area contributed by atoms with Gasteiger partial charge in [-0.1, -0.05) is 6.92 Å². The van der Waals surface area contributed by atoms with Gasteiger partial charge in [0.25, 0.3) is 5.91 Å². The van der Waals surface area contributed by atoms with Gasteiger partial charge in [-0.3, -0.25) is 19.4 Å². The molecule has 46 heavy (non-hydrogen) atoms. The number of likely N-dealkylation sites (tertiary alicyclic amines) is 1. The number of thioether (sulfide) groups is 1.